The Bertz CT molecular complexity index is 418. The van der Waals surface area contributed by atoms with Crippen LogP contribution >= 0.6 is 11.8 Å². The van der Waals surface area contributed by atoms with Crippen LogP contribution in [0.25, 0.3) is 0 Å². The van der Waals surface area contributed by atoms with Gasteiger partial charge in [-0.2, -0.15) is 26.3 Å². The van der Waals surface area contributed by atoms with Gasteiger partial charge in [-0.05, 0) is 24.8 Å². The van der Waals surface area contributed by atoms with Crippen LogP contribution in [0.4, 0.5) is 26.3 Å². The Kier molecular flexibility index (Phi) is 3.71. The van der Waals surface area contributed by atoms with Gasteiger partial charge in [0, 0.05) is 4.90 Å². The molecule has 0 nitrogen and oxygen atoms in total. The summed E-state index contributed by atoms with van der Waals surface area (Å²) in [6, 6.07) is 1.52. The monoisotopic (exact) mass is 274 g/mol. The van der Waals surface area contributed by atoms with Crippen molar-refractivity contribution in [2.75, 3.05) is 6.26 Å². The molecule has 0 aliphatic rings. The first-order valence-electron chi connectivity index (χ1n) is 4.41. The van der Waals surface area contributed by atoms with E-state index >= 15 is 0 Å². The molecule has 0 radical (unpaired) electrons. The topological polar surface area (TPSA) is 0 Å². The summed E-state index contributed by atoms with van der Waals surface area (Å²) in [7, 11) is 0. The van der Waals surface area contributed by atoms with Crippen LogP contribution in [0.15, 0.2) is 17.0 Å². The minimum absolute atomic E-state index is 0.213. The molecule has 0 fully saturated rings. The first-order valence-corrected chi connectivity index (χ1v) is 5.63. The van der Waals surface area contributed by atoms with Crippen molar-refractivity contribution in [2.24, 2.45) is 0 Å². The molecule has 0 aliphatic heterocycles. The molecule has 0 saturated heterocycles. The summed E-state index contributed by atoms with van der Waals surface area (Å²) in [4.78, 5) is -0.773. The lowest BCUT2D eigenvalue weighted by molar-refractivity contribution is -0.147. The fraction of sp³-hybridized carbons (Fsp3) is 0.400. The van der Waals surface area contributed by atoms with Crippen LogP contribution in [-0.2, 0) is 12.4 Å². The van der Waals surface area contributed by atoms with Crippen molar-refractivity contribution in [1.29, 1.82) is 0 Å². The summed E-state index contributed by atoms with van der Waals surface area (Å²) in [5, 5.41) is 0. The van der Waals surface area contributed by atoms with Crippen LogP contribution in [0.2, 0.25) is 0 Å². The van der Waals surface area contributed by atoms with Gasteiger partial charge in [0.25, 0.3) is 0 Å². The molecule has 96 valence electrons. The highest BCUT2D eigenvalue weighted by Gasteiger charge is 2.41. The lowest BCUT2D eigenvalue weighted by atomic mass is 10.0. The number of rotatable bonds is 1. The highest BCUT2D eigenvalue weighted by Crippen LogP contribution is 2.44. The number of benzene rings is 1. The summed E-state index contributed by atoms with van der Waals surface area (Å²) in [5.41, 5.74) is -2.67. The van der Waals surface area contributed by atoms with Gasteiger partial charge in [0.15, 0.2) is 0 Å². The van der Waals surface area contributed by atoms with Gasteiger partial charge in [-0.1, -0.05) is 6.07 Å². The van der Waals surface area contributed by atoms with Crippen molar-refractivity contribution >= 4 is 11.8 Å². The summed E-state index contributed by atoms with van der Waals surface area (Å²) < 4.78 is 75.7. The van der Waals surface area contributed by atoms with E-state index in [2.05, 4.69) is 0 Å². The lowest BCUT2D eigenvalue weighted by Crippen LogP contribution is -2.15. The molecule has 0 unspecified atom stereocenters. The fourth-order valence-corrected chi connectivity index (χ4v) is 2.35. The number of hydrogen-bond acceptors (Lipinski definition) is 1. The zero-order chi connectivity index (χ0) is 13.4. The third kappa shape index (κ3) is 2.88. The molecular weight excluding hydrogens is 266 g/mol. The van der Waals surface area contributed by atoms with Gasteiger partial charge in [0.2, 0.25) is 0 Å². The molecule has 1 aromatic rings. The normalized spacial score (nSPS) is 12.9. The molecule has 0 amide bonds. The van der Waals surface area contributed by atoms with Crippen LogP contribution in [0.5, 0.6) is 0 Å². The quantitative estimate of drug-likeness (QED) is 0.526. The molecule has 0 heterocycles. The second-order valence-electron chi connectivity index (χ2n) is 3.33. The molecular formula is C10H8F6S. The number of aryl methyl sites for hydroxylation is 1. The van der Waals surface area contributed by atoms with Crippen LogP contribution in [0.1, 0.15) is 16.7 Å². The minimum atomic E-state index is -4.79. The third-order valence-electron chi connectivity index (χ3n) is 2.16. The van der Waals surface area contributed by atoms with Gasteiger partial charge < -0.3 is 0 Å². The average molecular weight is 274 g/mol. The van der Waals surface area contributed by atoms with E-state index in [1.54, 1.807) is 0 Å². The van der Waals surface area contributed by atoms with Gasteiger partial charge in [-0.25, -0.2) is 0 Å². The third-order valence-corrected chi connectivity index (χ3v) is 2.99. The smallest absolute Gasteiger partial charge is 0.166 e. The average Bonchev–Trinajstić information content (AvgIpc) is 2.12. The Hall–Kier alpha value is -0.850. The van der Waals surface area contributed by atoms with E-state index in [0.29, 0.717) is 17.8 Å². The molecule has 0 aliphatic carbocycles. The molecule has 0 aromatic heterocycles. The van der Waals surface area contributed by atoms with E-state index in [1.165, 1.54) is 6.26 Å². The van der Waals surface area contributed by atoms with Crippen molar-refractivity contribution in [3.05, 3.63) is 28.8 Å². The van der Waals surface area contributed by atoms with Gasteiger partial charge in [0.1, 0.15) is 0 Å². The maximum absolute atomic E-state index is 12.7. The van der Waals surface area contributed by atoms with Crippen molar-refractivity contribution in [3.63, 3.8) is 0 Å². The Morgan fingerprint density at radius 1 is 0.941 bits per heavy atom. The Morgan fingerprint density at radius 2 is 1.47 bits per heavy atom. The second-order valence-corrected chi connectivity index (χ2v) is 4.15. The van der Waals surface area contributed by atoms with E-state index in [1.807, 2.05) is 0 Å². The number of thioether (sulfide) groups is 1. The maximum Gasteiger partial charge on any atom is 0.417 e. The predicted molar refractivity (Wildman–Crippen MR) is 53.0 cm³/mol. The number of halogens is 6. The maximum atomic E-state index is 12.7. The molecule has 0 bridgehead atoms. The van der Waals surface area contributed by atoms with Gasteiger partial charge in [0.05, 0.1) is 11.1 Å². The zero-order valence-electron chi connectivity index (χ0n) is 8.83. The first kappa shape index (κ1) is 14.2. The number of hydrogen-bond donors (Lipinski definition) is 0. The SMILES string of the molecule is CSc1c(C(F)(F)F)ccc(C)c1C(F)(F)F. The Morgan fingerprint density at radius 3 is 1.82 bits per heavy atom. The van der Waals surface area contributed by atoms with Crippen LogP contribution < -0.4 is 0 Å². The van der Waals surface area contributed by atoms with Crippen molar-refractivity contribution < 1.29 is 26.3 Å². The van der Waals surface area contributed by atoms with Crippen molar-refractivity contribution in [3.8, 4) is 0 Å². The highest BCUT2D eigenvalue weighted by atomic mass is 32.2. The molecule has 1 rings (SSSR count). The Labute approximate surface area is 98.0 Å². The molecule has 7 heteroatoms. The van der Waals surface area contributed by atoms with Gasteiger partial charge in [-0.3, -0.25) is 0 Å². The van der Waals surface area contributed by atoms with E-state index in [4.69, 9.17) is 0 Å². The molecule has 0 atom stereocenters. The van der Waals surface area contributed by atoms with Crippen LogP contribution in [0, 0.1) is 6.92 Å². The van der Waals surface area contributed by atoms with E-state index < -0.39 is 28.4 Å². The Balaban J connectivity index is 3.60. The first-order chi connectivity index (χ1) is 7.59. The van der Waals surface area contributed by atoms with Crippen LogP contribution in [-0.4, -0.2) is 6.26 Å². The number of alkyl halides is 6. The zero-order valence-corrected chi connectivity index (χ0v) is 9.65. The van der Waals surface area contributed by atoms with E-state index in [9.17, 15) is 26.3 Å². The molecule has 0 saturated carbocycles. The predicted octanol–water partition coefficient (Wildman–Crippen LogP) is 4.75. The fourth-order valence-electron chi connectivity index (χ4n) is 1.47. The highest BCUT2D eigenvalue weighted by molar-refractivity contribution is 7.98. The minimum Gasteiger partial charge on any atom is -0.166 e. The summed E-state index contributed by atoms with van der Waals surface area (Å²) in [6.45, 7) is 1.14. The second kappa shape index (κ2) is 4.44. The molecule has 0 N–H and O–H groups in total. The van der Waals surface area contributed by atoms with Gasteiger partial charge in [-0.15, -0.1) is 11.8 Å². The summed E-state index contributed by atoms with van der Waals surface area (Å²) in [5.74, 6) is 0. The largest absolute Gasteiger partial charge is 0.417 e. The summed E-state index contributed by atoms with van der Waals surface area (Å²) in [6.07, 6.45) is -8.38. The van der Waals surface area contributed by atoms with E-state index in [-0.39, 0.29) is 5.56 Å². The molecule has 17 heavy (non-hydrogen) atoms. The lowest BCUT2D eigenvalue weighted by Gasteiger charge is -2.19. The van der Waals surface area contributed by atoms with Crippen molar-refractivity contribution in [2.45, 2.75) is 24.2 Å². The molecule has 0 spiro atoms. The van der Waals surface area contributed by atoms with E-state index in [0.717, 1.165) is 13.0 Å². The van der Waals surface area contributed by atoms with Gasteiger partial charge >= 0.3 is 12.4 Å². The summed E-state index contributed by atoms with van der Waals surface area (Å²) >= 11 is 0.450. The van der Waals surface area contributed by atoms with Crippen molar-refractivity contribution in [1.82, 2.24) is 0 Å². The standard InChI is InChI=1S/C10H8F6S/c1-5-3-4-6(9(11,12)13)8(17-2)7(5)10(14,15)16/h3-4H,1-2H3. The molecule has 1 aromatic carbocycles. The van der Waals surface area contributed by atoms with Crippen LogP contribution in [0.3, 0.4) is 0 Å².